The van der Waals surface area contributed by atoms with Crippen molar-refractivity contribution in [2.45, 2.75) is 17.1 Å². The maximum atomic E-state index is 4.39. The van der Waals surface area contributed by atoms with Gasteiger partial charge >= 0.3 is 0 Å². The lowest BCUT2D eigenvalue weighted by Gasteiger charge is -2.04. The Hall–Kier alpha value is -2.15. The Balaban J connectivity index is 1.99. The van der Waals surface area contributed by atoms with Crippen molar-refractivity contribution >= 4 is 23.2 Å². The van der Waals surface area contributed by atoms with Crippen molar-refractivity contribution in [3.05, 3.63) is 36.3 Å². The van der Waals surface area contributed by atoms with Crippen molar-refractivity contribution in [1.29, 1.82) is 0 Å². The molecule has 0 spiro atoms. The van der Waals surface area contributed by atoms with E-state index in [0.29, 0.717) is 0 Å². The van der Waals surface area contributed by atoms with E-state index in [1.807, 2.05) is 48.8 Å². The largest absolute Gasteiger partial charge is 0.373 e. The van der Waals surface area contributed by atoms with Crippen LogP contribution in [0.25, 0.3) is 5.65 Å². The Morgan fingerprint density at radius 3 is 2.95 bits per heavy atom. The normalized spacial score (nSPS) is 10.8. The smallest absolute Gasteiger partial charge is 0.201 e. The molecule has 1 N–H and O–H groups in total. The van der Waals surface area contributed by atoms with Gasteiger partial charge in [-0.15, -0.1) is 10.2 Å². The van der Waals surface area contributed by atoms with Crippen LogP contribution in [-0.4, -0.2) is 31.6 Å². The third kappa shape index (κ3) is 2.37. The Labute approximate surface area is 114 Å². The highest BCUT2D eigenvalue weighted by Crippen LogP contribution is 2.26. The quantitative estimate of drug-likeness (QED) is 0.736. The number of anilines is 1. The molecule has 0 saturated carbocycles. The van der Waals surface area contributed by atoms with Crippen LogP contribution in [0.15, 0.2) is 40.6 Å². The standard InChI is InChI=1S/C12H12N6S/c1-8-14-9(13-2)7-11(15-8)19-12-17-16-10-5-3-4-6-18(10)12/h3-7H,1-2H3,(H,13,14,15). The van der Waals surface area contributed by atoms with Gasteiger partial charge in [-0.3, -0.25) is 4.40 Å². The Morgan fingerprint density at radius 1 is 1.21 bits per heavy atom. The molecule has 6 nitrogen and oxygen atoms in total. The SMILES string of the molecule is CNc1cc(Sc2nnc3ccccn23)nc(C)n1. The molecule has 0 amide bonds. The number of nitrogens with one attached hydrogen (secondary N) is 1. The fraction of sp³-hybridized carbons (Fsp3) is 0.167. The summed E-state index contributed by atoms with van der Waals surface area (Å²) >= 11 is 1.47. The summed E-state index contributed by atoms with van der Waals surface area (Å²) in [7, 11) is 1.84. The first-order valence-electron chi connectivity index (χ1n) is 5.77. The molecule has 3 rings (SSSR count). The van der Waals surface area contributed by atoms with Gasteiger partial charge in [0.25, 0.3) is 0 Å². The summed E-state index contributed by atoms with van der Waals surface area (Å²) in [5, 5.41) is 12.9. The van der Waals surface area contributed by atoms with E-state index in [2.05, 4.69) is 25.5 Å². The topological polar surface area (TPSA) is 68.0 Å². The molecule has 0 fully saturated rings. The van der Waals surface area contributed by atoms with Gasteiger partial charge in [0.2, 0.25) is 5.16 Å². The molecule has 96 valence electrons. The number of rotatable bonds is 3. The van der Waals surface area contributed by atoms with E-state index < -0.39 is 0 Å². The van der Waals surface area contributed by atoms with Crippen LogP contribution in [0.3, 0.4) is 0 Å². The average Bonchev–Trinajstić information content (AvgIpc) is 2.82. The predicted octanol–water partition coefficient (Wildman–Crippen LogP) is 2.02. The second kappa shape index (κ2) is 4.85. The third-order valence-corrected chi connectivity index (χ3v) is 3.43. The van der Waals surface area contributed by atoms with Crippen LogP contribution in [0.1, 0.15) is 5.82 Å². The molecule has 7 heteroatoms. The number of aromatic nitrogens is 5. The molecule has 3 aromatic rings. The van der Waals surface area contributed by atoms with E-state index in [1.165, 1.54) is 11.8 Å². The molecule has 0 atom stereocenters. The van der Waals surface area contributed by atoms with Gasteiger partial charge in [-0.2, -0.15) is 0 Å². The summed E-state index contributed by atoms with van der Waals surface area (Å²) in [6.45, 7) is 1.87. The fourth-order valence-corrected chi connectivity index (χ4v) is 2.57. The lowest BCUT2D eigenvalue weighted by Crippen LogP contribution is -1.98. The number of hydrogen-bond acceptors (Lipinski definition) is 6. The zero-order valence-corrected chi connectivity index (χ0v) is 11.3. The van der Waals surface area contributed by atoms with Crippen LogP contribution in [0.5, 0.6) is 0 Å². The average molecular weight is 272 g/mol. The Morgan fingerprint density at radius 2 is 2.11 bits per heavy atom. The van der Waals surface area contributed by atoms with E-state index in [0.717, 1.165) is 27.5 Å². The van der Waals surface area contributed by atoms with Crippen LogP contribution in [-0.2, 0) is 0 Å². The van der Waals surface area contributed by atoms with E-state index in [4.69, 9.17) is 0 Å². The molecule has 0 saturated heterocycles. The van der Waals surface area contributed by atoms with Crippen molar-refractivity contribution in [3.63, 3.8) is 0 Å². The monoisotopic (exact) mass is 272 g/mol. The molecule has 0 aliphatic heterocycles. The minimum Gasteiger partial charge on any atom is -0.373 e. The van der Waals surface area contributed by atoms with Crippen molar-refractivity contribution in [1.82, 2.24) is 24.6 Å². The zero-order chi connectivity index (χ0) is 13.2. The summed E-state index contributed by atoms with van der Waals surface area (Å²) < 4.78 is 1.93. The number of aryl methyl sites for hydroxylation is 1. The van der Waals surface area contributed by atoms with Gasteiger partial charge in [0.1, 0.15) is 16.7 Å². The second-order valence-electron chi connectivity index (χ2n) is 3.90. The van der Waals surface area contributed by atoms with Gasteiger partial charge in [0.05, 0.1) is 0 Å². The van der Waals surface area contributed by atoms with Gasteiger partial charge in [-0.05, 0) is 30.8 Å². The number of hydrogen-bond donors (Lipinski definition) is 1. The van der Waals surface area contributed by atoms with Gasteiger partial charge in [-0.25, -0.2) is 9.97 Å². The van der Waals surface area contributed by atoms with Crippen LogP contribution in [0.4, 0.5) is 5.82 Å². The first-order chi connectivity index (χ1) is 9.26. The summed E-state index contributed by atoms with van der Waals surface area (Å²) in [5.41, 5.74) is 0.824. The lowest BCUT2D eigenvalue weighted by molar-refractivity contribution is 0.908. The van der Waals surface area contributed by atoms with Crippen LogP contribution in [0, 0.1) is 6.92 Å². The van der Waals surface area contributed by atoms with Crippen molar-refractivity contribution in [3.8, 4) is 0 Å². The molecule has 0 aliphatic rings. The van der Waals surface area contributed by atoms with Crippen LogP contribution in [0.2, 0.25) is 0 Å². The summed E-state index contributed by atoms with van der Waals surface area (Å²) in [5.74, 6) is 1.52. The molecule has 0 aromatic carbocycles. The molecule has 0 unspecified atom stereocenters. The van der Waals surface area contributed by atoms with Gasteiger partial charge < -0.3 is 5.32 Å². The highest BCUT2D eigenvalue weighted by atomic mass is 32.2. The van der Waals surface area contributed by atoms with E-state index >= 15 is 0 Å². The molecule has 3 aromatic heterocycles. The number of pyridine rings is 1. The maximum Gasteiger partial charge on any atom is 0.201 e. The molecule has 19 heavy (non-hydrogen) atoms. The van der Waals surface area contributed by atoms with Crippen molar-refractivity contribution < 1.29 is 0 Å². The number of fused-ring (bicyclic) bond motifs is 1. The first kappa shape index (κ1) is 11.9. The predicted molar refractivity (Wildman–Crippen MR) is 73.4 cm³/mol. The Bertz CT molecular complexity index is 723. The highest BCUT2D eigenvalue weighted by molar-refractivity contribution is 7.99. The third-order valence-electron chi connectivity index (χ3n) is 2.55. The Kier molecular flexibility index (Phi) is 3.04. The van der Waals surface area contributed by atoms with Crippen molar-refractivity contribution in [2.75, 3.05) is 12.4 Å². The molecule has 0 aliphatic carbocycles. The lowest BCUT2D eigenvalue weighted by atomic mass is 10.5. The maximum absolute atomic E-state index is 4.39. The van der Waals surface area contributed by atoms with Gasteiger partial charge in [0, 0.05) is 19.3 Å². The second-order valence-corrected chi connectivity index (χ2v) is 4.89. The summed E-state index contributed by atoms with van der Waals surface area (Å²) in [6, 6.07) is 7.69. The molecule has 0 bridgehead atoms. The van der Waals surface area contributed by atoms with E-state index in [1.54, 1.807) is 0 Å². The van der Waals surface area contributed by atoms with Crippen LogP contribution < -0.4 is 5.32 Å². The number of nitrogens with zero attached hydrogens (tertiary/aromatic N) is 5. The summed E-state index contributed by atoms with van der Waals surface area (Å²) in [4.78, 5) is 8.66. The van der Waals surface area contributed by atoms with Crippen molar-refractivity contribution in [2.24, 2.45) is 0 Å². The molecular formula is C12H12N6S. The fourth-order valence-electron chi connectivity index (χ4n) is 1.70. The molecular weight excluding hydrogens is 260 g/mol. The van der Waals surface area contributed by atoms with E-state index in [-0.39, 0.29) is 0 Å². The minimum absolute atomic E-state index is 0.725. The summed E-state index contributed by atoms with van der Waals surface area (Å²) in [6.07, 6.45) is 1.94. The van der Waals surface area contributed by atoms with Gasteiger partial charge in [0.15, 0.2) is 5.65 Å². The van der Waals surface area contributed by atoms with Gasteiger partial charge in [-0.1, -0.05) is 6.07 Å². The zero-order valence-electron chi connectivity index (χ0n) is 10.5. The minimum atomic E-state index is 0.725. The first-order valence-corrected chi connectivity index (χ1v) is 6.59. The highest BCUT2D eigenvalue weighted by Gasteiger charge is 2.09. The molecule has 3 heterocycles. The van der Waals surface area contributed by atoms with Crippen LogP contribution >= 0.6 is 11.8 Å². The molecule has 0 radical (unpaired) electrons. The van der Waals surface area contributed by atoms with E-state index in [9.17, 15) is 0 Å².